The van der Waals surface area contributed by atoms with Crippen LogP contribution < -0.4 is 4.74 Å². The molecule has 1 heterocycles. The summed E-state index contributed by atoms with van der Waals surface area (Å²) in [7, 11) is 2.39. The fourth-order valence-electron chi connectivity index (χ4n) is 1.36. The molecule has 5 nitrogen and oxygen atoms in total. The van der Waals surface area contributed by atoms with Crippen molar-refractivity contribution in [3.63, 3.8) is 0 Å². The summed E-state index contributed by atoms with van der Waals surface area (Å²) >= 11 is 0. The van der Waals surface area contributed by atoms with Crippen molar-refractivity contribution in [3.8, 4) is 11.8 Å². The summed E-state index contributed by atoms with van der Waals surface area (Å²) < 4.78 is 34.7. The second-order valence-electron chi connectivity index (χ2n) is 3.24. The minimum absolute atomic E-state index is 0.139. The molecular weight excluding hydrogens is 246 g/mol. The monoisotopic (exact) mass is 256 g/mol. The number of esters is 1. The smallest absolute Gasteiger partial charge is 0.311 e. The van der Waals surface area contributed by atoms with Gasteiger partial charge in [-0.25, -0.2) is 13.8 Å². The molecule has 0 radical (unpaired) electrons. The maximum absolute atomic E-state index is 12.8. The zero-order chi connectivity index (χ0) is 13.7. The Balaban J connectivity index is 3.27. The van der Waals surface area contributed by atoms with E-state index in [1.807, 2.05) is 0 Å². The Bertz CT molecular complexity index is 498. The van der Waals surface area contributed by atoms with Crippen LogP contribution in [0.5, 0.6) is 5.75 Å². The number of hydrogen-bond donors (Lipinski definition) is 0. The van der Waals surface area contributed by atoms with E-state index in [0.29, 0.717) is 0 Å². The van der Waals surface area contributed by atoms with E-state index in [4.69, 9.17) is 10.00 Å². The summed E-state index contributed by atoms with van der Waals surface area (Å²) in [6.45, 7) is 0. The number of alkyl halides is 2. The van der Waals surface area contributed by atoms with Crippen LogP contribution in [-0.2, 0) is 16.0 Å². The van der Waals surface area contributed by atoms with Gasteiger partial charge in [0.15, 0.2) is 5.69 Å². The maximum Gasteiger partial charge on any atom is 0.311 e. The highest BCUT2D eigenvalue weighted by Crippen LogP contribution is 2.31. The van der Waals surface area contributed by atoms with Crippen molar-refractivity contribution in [1.29, 1.82) is 5.26 Å². The lowest BCUT2D eigenvalue weighted by Gasteiger charge is -2.10. The average Bonchev–Trinajstić information content (AvgIpc) is 2.36. The molecule has 0 bridgehead atoms. The number of carbonyl (C=O) groups is 1. The summed E-state index contributed by atoms with van der Waals surface area (Å²) in [6, 6.07) is 2.75. The summed E-state index contributed by atoms with van der Waals surface area (Å²) in [5.74, 6) is -0.756. The predicted molar refractivity (Wildman–Crippen MR) is 56.2 cm³/mol. The van der Waals surface area contributed by atoms with Crippen LogP contribution in [0.4, 0.5) is 8.78 Å². The van der Waals surface area contributed by atoms with Crippen molar-refractivity contribution in [1.82, 2.24) is 4.98 Å². The van der Waals surface area contributed by atoms with Crippen molar-refractivity contribution >= 4 is 5.97 Å². The molecule has 0 amide bonds. The van der Waals surface area contributed by atoms with E-state index in [0.717, 1.165) is 0 Å². The lowest BCUT2D eigenvalue weighted by Crippen LogP contribution is -2.09. The first kappa shape index (κ1) is 13.8. The zero-order valence-electron chi connectivity index (χ0n) is 9.74. The van der Waals surface area contributed by atoms with Gasteiger partial charge in [-0.3, -0.25) is 4.79 Å². The van der Waals surface area contributed by atoms with Gasteiger partial charge in [-0.05, 0) is 0 Å². The van der Waals surface area contributed by atoms with Crippen LogP contribution in [0.2, 0.25) is 0 Å². The van der Waals surface area contributed by atoms with Crippen LogP contribution in [0, 0.1) is 11.3 Å². The molecule has 0 spiro atoms. The fraction of sp³-hybridized carbons (Fsp3) is 0.364. The number of rotatable bonds is 4. The van der Waals surface area contributed by atoms with Crippen LogP contribution in [-0.4, -0.2) is 25.2 Å². The highest BCUT2D eigenvalue weighted by atomic mass is 19.3. The third-order valence-electron chi connectivity index (χ3n) is 2.17. The molecule has 0 aliphatic rings. The summed E-state index contributed by atoms with van der Waals surface area (Å²) in [5, 5.41) is 8.79. The first-order valence-electron chi connectivity index (χ1n) is 4.86. The molecule has 0 unspecified atom stereocenters. The minimum Gasteiger partial charge on any atom is -0.496 e. The molecule has 7 heteroatoms. The van der Waals surface area contributed by atoms with Gasteiger partial charge in [-0.2, -0.15) is 5.26 Å². The SMILES string of the molecule is COC(=O)Cc1cc(OC)c(C(F)F)c(C#N)n1. The lowest BCUT2D eigenvalue weighted by molar-refractivity contribution is -0.139. The largest absolute Gasteiger partial charge is 0.496 e. The van der Waals surface area contributed by atoms with E-state index in [2.05, 4.69) is 9.72 Å². The van der Waals surface area contributed by atoms with Crippen LogP contribution in [0.25, 0.3) is 0 Å². The number of nitriles is 1. The minimum atomic E-state index is -2.88. The molecule has 0 N–H and O–H groups in total. The Hall–Kier alpha value is -2.23. The first-order chi connectivity index (χ1) is 8.53. The number of aromatic nitrogens is 1. The van der Waals surface area contributed by atoms with Crippen LogP contribution in [0.1, 0.15) is 23.4 Å². The second-order valence-corrected chi connectivity index (χ2v) is 3.24. The molecule has 0 aliphatic carbocycles. The highest BCUT2D eigenvalue weighted by Gasteiger charge is 2.22. The van der Waals surface area contributed by atoms with Crippen LogP contribution in [0.3, 0.4) is 0 Å². The van der Waals surface area contributed by atoms with E-state index >= 15 is 0 Å². The molecule has 0 aliphatic heterocycles. The van der Waals surface area contributed by atoms with Gasteiger partial charge in [0, 0.05) is 6.07 Å². The van der Waals surface area contributed by atoms with Gasteiger partial charge in [-0.1, -0.05) is 0 Å². The van der Waals surface area contributed by atoms with Crippen molar-refractivity contribution in [2.45, 2.75) is 12.8 Å². The number of ether oxygens (including phenoxy) is 2. The maximum atomic E-state index is 12.8. The van der Waals surface area contributed by atoms with Crippen molar-refractivity contribution < 1.29 is 23.0 Å². The molecule has 18 heavy (non-hydrogen) atoms. The first-order valence-corrected chi connectivity index (χ1v) is 4.86. The summed E-state index contributed by atoms with van der Waals surface area (Å²) in [4.78, 5) is 14.8. The normalized spacial score (nSPS) is 10.0. The van der Waals surface area contributed by atoms with Gasteiger partial charge in [0.1, 0.15) is 11.8 Å². The zero-order valence-corrected chi connectivity index (χ0v) is 9.74. The van der Waals surface area contributed by atoms with Crippen molar-refractivity contribution in [2.75, 3.05) is 14.2 Å². The Kier molecular flexibility index (Phi) is 4.54. The van der Waals surface area contributed by atoms with Crippen molar-refractivity contribution in [3.05, 3.63) is 23.0 Å². The van der Waals surface area contributed by atoms with Gasteiger partial charge in [-0.15, -0.1) is 0 Å². The predicted octanol–water partition coefficient (Wildman–Crippen LogP) is 1.61. The number of hydrogen-bond acceptors (Lipinski definition) is 5. The van der Waals surface area contributed by atoms with Crippen molar-refractivity contribution in [2.24, 2.45) is 0 Å². The van der Waals surface area contributed by atoms with E-state index in [-0.39, 0.29) is 17.9 Å². The highest BCUT2D eigenvalue weighted by molar-refractivity contribution is 5.72. The Morgan fingerprint density at radius 1 is 1.56 bits per heavy atom. The molecule has 96 valence electrons. The third kappa shape index (κ3) is 2.91. The van der Waals surface area contributed by atoms with Gasteiger partial charge in [0.05, 0.1) is 31.9 Å². The molecule has 0 atom stereocenters. The van der Waals surface area contributed by atoms with Gasteiger partial charge < -0.3 is 9.47 Å². The van der Waals surface area contributed by atoms with E-state index in [9.17, 15) is 13.6 Å². The number of methoxy groups -OCH3 is 2. The van der Waals surface area contributed by atoms with E-state index < -0.39 is 23.7 Å². The number of carbonyl (C=O) groups excluding carboxylic acids is 1. The molecule has 1 aromatic heterocycles. The number of pyridine rings is 1. The second kappa shape index (κ2) is 5.91. The Morgan fingerprint density at radius 2 is 2.22 bits per heavy atom. The van der Waals surface area contributed by atoms with Gasteiger partial charge >= 0.3 is 5.97 Å². The molecule has 0 saturated heterocycles. The standard InChI is InChI=1S/C11H10F2N2O3/c1-17-8-3-6(4-9(16)18-2)15-7(5-14)10(8)11(12)13/h3,11H,4H2,1-2H3. The number of halogens is 2. The van der Waals surface area contributed by atoms with Crippen LogP contribution in [0.15, 0.2) is 6.07 Å². The molecule has 0 fully saturated rings. The third-order valence-corrected chi connectivity index (χ3v) is 2.17. The quantitative estimate of drug-likeness (QED) is 0.765. The van der Waals surface area contributed by atoms with Gasteiger partial charge in [0.2, 0.25) is 0 Å². The number of nitrogens with zero attached hydrogens (tertiary/aromatic N) is 2. The Morgan fingerprint density at radius 3 is 2.67 bits per heavy atom. The topological polar surface area (TPSA) is 72.2 Å². The molecule has 1 rings (SSSR count). The molecule has 1 aromatic rings. The van der Waals surface area contributed by atoms with Crippen LogP contribution >= 0.6 is 0 Å². The molecular formula is C11H10F2N2O3. The Labute approximate surface area is 102 Å². The van der Waals surface area contributed by atoms with E-state index in [1.165, 1.54) is 20.3 Å². The fourth-order valence-corrected chi connectivity index (χ4v) is 1.36. The summed E-state index contributed by atoms with van der Waals surface area (Å²) in [6.07, 6.45) is -3.10. The average molecular weight is 256 g/mol. The molecule has 0 aromatic carbocycles. The lowest BCUT2D eigenvalue weighted by atomic mass is 10.1. The summed E-state index contributed by atoms with van der Waals surface area (Å²) in [5.41, 5.74) is -0.892. The van der Waals surface area contributed by atoms with E-state index in [1.54, 1.807) is 6.07 Å². The van der Waals surface area contributed by atoms with Gasteiger partial charge in [0.25, 0.3) is 6.43 Å². The molecule has 0 saturated carbocycles.